The summed E-state index contributed by atoms with van der Waals surface area (Å²) < 4.78 is 5.39. The van der Waals surface area contributed by atoms with E-state index in [1.54, 1.807) is 0 Å². The van der Waals surface area contributed by atoms with E-state index in [1.165, 1.54) is 38.8 Å². The van der Waals surface area contributed by atoms with Gasteiger partial charge in [-0.15, -0.1) is 24.8 Å². The molecule has 2 atom stereocenters. The van der Waals surface area contributed by atoms with Gasteiger partial charge in [0.05, 0.1) is 13.2 Å². The predicted octanol–water partition coefficient (Wildman–Crippen LogP) is 1.12. The van der Waals surface area contributed by atoms with Crippen molar-refractivity contribution >= 4 is 24.8 Å². The summed E-state index contributed by atoms with van der Waals surface area (Å²) in [6.07, 6.45) is 5.20. The van der Waals surface area contributed by atoms with E-state index in [2.05, 4.69) is 9.80 Å². The minimum Gasteiger partial charge on any atom is -0.379 e. The van der Waals surface area contributed by atoms with Crippen LogP contribution in [-0.4, -0.2) is 67.3 Å². The molecule has 2 bridgehead atoms. The summed E-state index contributed by atoms with van der Waals surface area (Å²) in [6, 6.07) is 2.03. The predicted molar refractivity (Wildman–Crippen MR) is 82.5 cm³/mol. The maximum absolute atomic E-state index is 6.10. The Morgan fingerprint density at radius 2 is 1.53 bits per heavy atom. The maximum atomic E-state index is 6.10. The number of hydrogen-bond acceptors (Lipinski definition) is 4. The Bertz CT molecular complexity index is 250. The maximum Gasteiger partial charge on any atom is 0.0594 e. The van der Waals surface area contributed by atoms with Crippen LogP contribution >= 0.6 is 24.8 Å². The molecule has 114 valence electrons. The largest absolute Gasteiger partial charge is 0.379 e. The number of rotatable bonds is 3. The van der Waals surface area contributed by atoms with Crippen molar-refractivity contribution in [1.82, 2.24) is 9.80 Å². The monoisotopic (exact) mass is 311 g/mol. The lowest BCUT2D eigenvalue weighted by Gasteiger charge is -2.39. The van der Waals surface area contributed by atoms with E-state index in [-0.39, 0.29) is 24.8 Å². The molecule has 4 nitrogen and oxygen atoms in total. The third kappa shape index (κ3) is 4.19. The number of ether oxygens (including phenoxy) is 1. The quantitative estimate of drug-likeness (QED) is 0.848. The standard InChI is InChI=1S/C13H25N3O.2ClH/c14-11-9-12-1-2-13(10-11)16(12)4-3-15-5-7-17-8-6-15;;/h11-13H,1-10,14H2;2*1H. The fraction of sp³-hybridized carbons (Fsp3) is 1.00. The molecule has 3 heterocycles. The Kier molecular flexibility index (Phi) is 7.36. The second kappa shape index (κ2) is 8.01. The van der Waals surface area contributed by atoms with Gasteiger partial charge >= 0.3 is 0 Å². The molecular weight excluding hydrogens is 285 g/mol. The molecule has 2 N–H and O–H groups in total. The third-order valence-electron chi connectivity index (χ3n) is 4.70. The smallest absolute Gasteiger partial charge is 0.0594 e. The van der Waals surface area contributed by atoms with Crippen LogP contribution in [0.3, 0.4) is 0 Å². The molecule has 0 amide bonds. The van der Waals surface area contributed by atoms with E-state index in [4.69, 9.17) is 10.5 Å². The summed E-state index contributed by atoms with van der Waals surface area (Å²) in [4.78, 5) is 5.27. The van der Waals surface area contributed by atoms with Crippen LogP contribution in [0.4, 0.5) is 0 Å². The highest BCUT2D eigenvalue weighted by atomic mass is 35.5. The number of piperidine rings is 1. The van der Waals surface area contributed by atoms with Crippen LogP contribution in [0.15, 0.2) is 0 Å². The molecule has 0 aromatic rings. The molecule has 0 radical (unpaired) electrons. The van der Waals surface area contributed by atoms with Crippen molar-refractivity contribution in [3.63, 3.8) is 0 Å². The first kappa shape index (κ1) is 17.5. The molecule has 0 saturated carbocycles. The minimum absolute atomic E-state index is 0. The third-order valence-corrected chi connectivity index (χ3v) is 4.70. The van der Waals surface area contributed by atoms with Crippen molar-refractivity contribution in [3.05, 3.63) is 0 Å². The fourth-order valence-electron chi connectivity index (χ4n) is 3.76. The Morgan fingerprint density at radius 3 is 2.11 bits per heavy atom. The van der Waals surface area contributed by atoms with Crippen molar-refractivity contribution in [1.29, 1.82) is 0 Å². The van der Waals surface area contributed by atoms with Crippen molar-refractivity contribution in [2.45, 2.75) is 43.8 Å². The molecule has 2 unspecified atom stereocenters. The van der Waals surface area contributed by atoms with Gasteiger partial charge in [-0.1, -0.05) is 0 Å². The number of hydrogen-bond donors (Lipinski definition) is 1. The zero-order valence-electron chi connectivity index (χ0n) is 11.5. The average Bonchev–Trinajstić information content (AvgIpc) is 2.59. The molecule has 19 heavy (non-hydrogen) atoms. The SMILES string of the molecule is Cl.Cl.NC1CC2CCC(C1)N2CCN1CCOCC1. The van der Waals surface area contributed by atoms with Gasteiger partial charge in [0, 0.05) is 44.3 Å². The summed E-state index contributed by atoms with van der Waals surface area (Å²) in [5, 5.41) is 0. The van der Waals surface area contributed by atoms with Crippen LogP contribution < -0.4 is 5.73 Å². The Labute approximate surface area is 128 Å². The summed E-state index contributed by atoms with van der Waals surface area (Å²) in [7, 11) is 0. The number of halogens is 2. The molecule has 0 spiro atoms. The molecule has 3 aliphatic rings. The second-order valence-electron chi connectivity index (χ2n) is 5.81. The summed E-state index contributed by atoms with van der Waals surface area (Å²) in [6.45, 7) is 6.51. The Hall–Kier alpha value is 0.420. The Balaban J connectivity index is 0.000000902. The number of nitrogens with zero attached hydrogens (tertiary/aromatic N) is 2. The van der Waals surface area contributed by atoms with Crippen LogP contribution in [0.25, 0.3) is 0 Å². The molecule has 6 heteroatoms. The number of nitrogens with two attached hydrogens (primary N) is 1. The highest BCUT2D eigenvalue weighted by Gasteiger charge is 2.39. The average molecular weight is 312 g/mol. The first-order valence-electron chi connectivity index (χ1n) is 7.14. The topological polar surface area (TPSA) is 41.7 Å². The van der Waals surface area contributed by atoms with E-state index in [0.717, 1.165) is 38.4 Å². The van der Waals surface area contributed by atoms with Gasteiger partial charge in [0.25, 0.3) is 0 Å². The van der Waals surface area contributed by atoms with Crippen LogP contribution in [-0.2, 0) is 4.74 Å². The molecule has 0 aromatic carbocycles. The number of morpholine rings is 1. The lowest BCUT2D eigenvalue weighted by molar-refractivity contribution is 0.0265. The Morgan fingerprint density at radius 1 is 0.947 bits per heavy atom. The van der Waals surface area contributed by atoms with Crippen LogP contribution in [0.5, 0.6) is 0 Å². The second-order valence-corrected chi connectivity index (χ2v) is 5.81. The molecule has 0 aliphatic carbocycles. The van der Waals surface area contributed by atoms with Crippen LogP contribution in [0.2, 0.25) is 0 Å². The van der Waals surface area contributed by atoms with E-state index in [9.17, 15) is 0 Å². The molecule has 3 aliphatic heterocycles. The minimum atomic E-state index is 0. The number of fused-ring (bicyclic) bond motifs is 2. The normalized spacial score (nSPS) is 35.5. The van der Waals surface area contributed by atoms with Crippen molar-refractivity contribution in [2.24, 2.45) is 5.73 Å². The van der Waals surface area contributed by atoms with E-state index < -0.39 is 0 Å². The summed E-state index contributed by atoms with van der Waals surface area (Å²) in [5.41, 5.74) is 6.10. The van der Waals surface area contributed by atoms with E-state index >= 15 is 0 Å². The van der Waals surface area contributed by atoms with Gasteiger partial charge in [0.1, 0.15) is 0 Å². The van der Waals surface area contributed by atoms with Gasteiger partial charge in [-0.3, -0.25) is 9.80 Å². The molecular formula is C13H27Cl2N3O. The lowest BCUT2D eigenvalue weighted by Crippen LogP contribution is -2.50. The van der Waals surface area contributed by atoms with E-state index in [1.807, 2.05) is 0 Å². The van der Waals surface area contributed by atoms with Crippen molar-refractivity contribution in [3.8, 4) is 0 Å². The molecule has 3 fully saturated rings. The zero-order chi connectivity index (χ0) is 11.7. The first-order chi connectivity index (χ1) is 8.33. The van der Waals surface area contributed by atoms with E-state index in [0.29, 0.717) is 6.04 Å². The summed E-state index contributed by atoms with van der Waals surface area (Å²) in [5.74, 6) is 0. The van der Waals surface area contributed by atoms with Crippen molar-refractivity contribution < 1.29 is 4.74 Å². The molecule has 3 saturated heterocycles. The van der Waals surface area contributed by atoms with Gasteiger partial charge < -0.3 is 10.5 Å². The van der Waals surface area contributed by atoms with Crippen molar-refractivity contribution in [2.75, 3.05) is 39.4 Å². The highest BCUT2D eigenvalue weighted by molar-refractivity contribution is 5.85. The highest BCUT2D eigenvalue weighted by Crippen LogP contribution is 2.34. The molecule has 3 rings (SSSR count). The van der Waals surface area contributed by atoms with Crippen LogP contribution in [0, 0.1) is 0 Å². The first-order valence-corrected chi connectivity index (χ1v) is 7.14. The van der Waals surface area contributed by atoms with Gasteiger partial charge in [-0.05, 0) is 25.7 Å². The fourth-order valence-corrected chi connectivity index (χ4v) is 3.76. The lowest BCUT2D eigenvalue weighted by atomic mass is 9.98. The van der Waals surface area contributed by atoms with Gasteiger partial charge in [-0.2, -0.15) is 0 Å². The molecule has 0 aromatic heterocycles. The van der Waals surface area contributed by atoms with Gasteiger partial charge in [-0.25, -0.2) is 0 Å². The van der Waals surface area contributed by atoms with Gasteiger partial charge in [0.2, 0.25) is 0 Å². The summed E-state index contributed by atoms with van der Waals surface area (Å²) >= 11 is 0. The van der Waals surface area contributed by atoms with Crippen LogP contribution in [0.1, 0.15) is 25.7 Å². The zero-order valence-corrected chi connectivity index (χ0v) is 13.1. The van der Waals surface area contributed by atoms with Gasteiger partial charge in [0.15, 0.2) is 0 Å².